The Morgan fingerprint density at radius 1 is 0.609 bits per heavy atom. The van der Waals surface area contributed by atoms with Gasteiger partial charge in [0.05, 0.1) is 11.5 Å². The van der Waals surface area contributed by atoms with Gasteiger partial charge in [-0.1, -0.05) is 0 Å². The zero-order chi connectivity index (χ0) is 18.3. The van der Waals surface area contributed by atoms with Gasteiger partial charge in [-0.2, -0.15) is 0 Å². The summed E-state index contributed by atoms with van der Waals surface area (Å²) < 4.78 is 50.0. The van der Waals surface area contributed by atoms with Gasteiger partial charge >= 0.3 is 0 Å². The van der Waals surface area contributed by atoms with E-state index >= 15 is 0 Å². The van der Waals surface area contributed by atoms with Crippen molar-refractivity contribution >= 4 is 20.0 Å². The Morgan fingerprint density at radius 2 is 1.00 bits per heavy atom. The molecule has 10 heteroatoms. The second kappa shape index (κ2) is 9.90. The van der Waals surface area contributed by atoms with Crippen LogP contribution in [0.25, 0.3) is 0 Å². The van der Waals surface area contributed by atoms with Gasteiger partial charge in [-0.3, -0.25) is 0 Å². The summed E-state index contributed by atoms with van der Waals surface area (Å²) in [6.45, 7) is 2.20. The number of hydrogen-bond acceptors (Lipinski definition) is 6. The maximum absolute atomic E-state index is 11.9. The van der Waals surface area contributed by atoms with E-state index in [9.17, 15) is 16.8 Å². The van der Waals surface area contributed by atoms with E-state index in [1.807, 2.05) is 23.9 Å². The van der Waals surface area contributed by atoms with Crippen LogP contribution in [0.5, 0.6) is 0 Å². The standard InChI is InChI=1S/C13H32N4O4S2/c1-14(2)8-7-9-17(10-12-22(18,19)15(3)4)11-13-23(20,21)16(5)6/h7-13H2,1-6H3. The summed E-state index contributed by atoms with van der Waals surface area (Å²) in [6, 6.07) is 0. The van der Waals surface area contributed by atoms with Gasteiger partial charge < -0.3 is 9.80 Å². The number of hydrogen-bond donors (Lipinski definition) is 0. The molecule has 0 aromatic heterocycles. The third-order valence-corrected chi connectivity index (χ3v) is 7.15. The number of nitrogens with zero attached hydrogens (tertiary/aromatic N) is 4. The fraction of sp³-hybridized carbons (Fsp3) is 1.00. The van der Waals surface area contributed by atoms with Gasteiger partial charge in [-0.05, 0) is 33.6 Å². The van der Waals surface area contributed by atoms with Crippen molar-refractivity contribution in [1.82, 2.24) is 18.4 Å². The first-order valence-corrected chi connectivity index (χ1v) is 10.8. The lowest BCUT2D eigenvalue weighted by atomic mass is 10.3. The van der Waals surface area contributed by atoms with Crippen molar-refractivity contribution in [2.75, 3.05) is 80.0 Å². The summed E-state index contributed by atoms with van der Waals surface area (Å²) in [5.74, 6) is -0.0199. The van der Waals surface area contributed by atoms with Crippen LogP contribution >= 0.6 is 0 Å². The molecule has 0 aromatic rings. The molecule has 0 rings (SSSR count). The molecule has 0 amide bonds. The minimum Gasteiger partial charge on any atom is -0.309 e. The molecule has 0 saturated heterocycles. The molecule has 0 bridgehead atoms. The minimum atomic E-state index is -3.28. The number of rotatable bonds is 12. The van der Waals surface area contributed by atoms with Crippen molar-refractivity contribution in [2.45, 2.75) is 6.42 Å². The fourth-order valence-corrected chi connectivity index (χ4v) is 3.51. The second-order valence-corrected chi connectivity index (χ2v) is 10.8. The zero-order valence-electron chi connectivity index (χ0n) is 15.2. The van der Waals surface area contributed by atoms with Crippen molar-refractivity contribution in [3.63, 3.8) is 0 Å². The molecular weight excluding hydrogens is 340 g/mol. The Bertz CT molecular complexity index is 488. The van der Waals surface area contributed by atoms with Crippen LogP contribution in [0, 0.1) is 0 Å². The zero-order valence-corrected chi connectivity index (χ0v) is 16.8. The van der Waals surface area contributed by atoms with Gasteiger partial charge in [0.25, 0.3) is 0 Å². The average Bonchev–Trinajstić information content (AvgIpc) is 2.40. The van der Waals surface area contributed by atoms with Gasteiger partial charge in [0.15, 0.2) is 0 Å². The Hall–Kier alpha value is -0.260. The highest BCUT2D eigenvalue weighted by Gasteiger charge is 2.19. The Balaban J connectivity index is 4.69. The monoisotopic (exact) mass is 372 g/mol. The van der Waals surface area contributed by atoms with Crippen LogP contribution in [0.15, 0.2) is 0 Å². The smallest absolute Gasteiger partial charge is 0.214 e. The van der Waals surface area contributed by atoms with E-state index in [0.717, 1.165) is 13.0 Å². The lowest BCUT2D eigenvalue weighted by molar-refractivity contribution is 0.277. The molecule has 0 unspecified atom stereocenters. The first-order valence-electron chi connectivity index (χ1n) is 7.56. The van der Waals surface area contributed by atoms with Crippen molar-refractivity contribution in [2.24, 2.45) is 0 Å². The topological polar surface area (TPSA) is 81.2 Å². The summed E-state index contributed by atoms with van der Waals surface area (Å²) in [7, 11) is 3.38. The molecule has 0 aliphatic rings. The van der Waals surface area contributed by atoms with Crippen molar-refractivity contribution in [3.8, 4) is 0 Å². The normalized spacial score (nSPS) is 13.7. The van der Waals surface area contributed by atoms with Crippen LogP contribution in [0.1, 0.15) is 6.42 Å². The first-order chi connectivity index (χ1) is 10.4. The summed E-state index contributed by atoms with van der Waals surface area (Å²) in [6.07, 6.45) is 0.858. The quantitative estimate of drug-likeness (QED) is 0.438. The molecule has 23 heavy (non-hydrogen) atoms. The van der Waals surface area contributed by atoms with Crippen LogP contribution in [0.4, 0.5) is 0 Å². The van der Waals surface area contributed by atoms with E-state index in [-0.39, 0.29) is 11.5 Å². The summed E-state index contributed by atoms with van der Waals surface area (Å²) >= 11 is 0. The predicted molar refractivity (Wildman–Crippen MR) is 94.6 cm³/mol. The van der Waals surface area contributed by atoms with Crippen LogP contribution < -0.4 is 0 Å². The molecule has 0 aliphatic carbocycles. The maximum Gasteiger partial charge on any atom is 0.214 e. The Morgan fingerprint density at radius 3 is 1.30 bits per heavy atom. The molecule has 0 atom stereocenters. The van der Waals surface area contributed by atoms with Gasteiger partial charge in [-0.25, -0.2) is 25.4 Å². The SMILES string of the molecule is CN(C)CCCN(CCS(=O)(=O)N(C)C)CCS(=O)(=O)N(C)C. The van der Waals surface area contributed by atoms with Crippen LogP contribution in [0.3, 0.4) is 0 Å². The van der Waals surface area contributed by atoms with Gasteiger partial charge in [0.1, 0.15) is 0 Å². The molecule has 8 nitrogen and oxygen atoms in total. The molecular formula is C13H32N4O4S2. The summed E-state index contributed by atoms with van der Waals surface area (Å²) in [4.78, 5) is 3.96. The summed E-state index contributed by atoms with van der Waals surface area (Å²) in [5.41, 5.74) is 0. The lowest BCUT2D eigenvalue weighted by Gasteiger charge is -2.24. The van der Waals surface area contributed by atoms with Crippen LogP contribution in [-0.4, -0.2) is 115 Å². The van der Waals surface area contributed by atoms with Gasteiger partial charge in [-0.15, -0.1) is 0 Å². The van der Waals surface area contributed by atoms with E-state index in [1.54, 1.807) is 0 Å². The Kier molecular flexibility index (Phi) is 9.78. The highest BCUT2D eigenvalue weighted by Crippen LogP contribution is 2.02. The van der Waals surface area contributed by atoms with Crippen molar-refractivity contribution < 1.29 is 16.8 Å². The average molecular weight is 373 g/mol. The van der Waals surface area contributed by atoms with Crippen molar-refractivity contribution in [1.29, 1.82) is 0 Å². The molecule has 0 aromatic carbocycles. The molecule has 0 heterocycles. The highest BCUT2D eigenvalue weighted by atomic mass is 32.2. The molecule has 0 fully saturated rings. The van der Waals surface area contributed by atoms with Crippen LogP contribution in [0.2, 0.25) is 0 Å². The molecule has 0 N–H and O–H groups in total. The molecule has 0 spiro atoms. The van der Waals surface area contributed by atoms with E-state index in [2.05, 4.69) is 0 Å². The fourth-order valence-electron chi connectivity index (χ4n) is 1.80. The third kappa shape index (κ3) is 9.58. The number of sulfonamides is 2. The highest BCUT2D eigenvalue weighted by molar-refractivity contribution is 7.89. The predicted octanol–water partition coefficient (Wildman–Crippen LogP) is -0.977. The van der Waals surface area contributed by atoms with Gasteiger partial charge in [0, 0.05) is 41.3 Å². The van der Waals surface area contributed by atoms with E-state index in [4.69, 9.17) is 0 Å². The maximum atomic E-state index is 11.9. The molecule has 140 valence electrons. The molecule has 0 radical (unpaired) electrons. The molecule has 0 saturated carbocycles. The van der Waals surface area contributed by atoms with E-state index < -0.39 is 20.0 Å². The second-order valence-electron chi connectivity index (χ2n) is 6.20. The van der Waals surface area contributed by atoms with E-state index in [0.29, 0.717) is 19.6 Å². The third-order valence-electron chi connectivity index (χ3n) is 3.52. The first kappa shape index (κ1) is 22.7. The minimum absolute atomic E-state index is 0.00994. The summed E-state index contributed by atoms with van der Waals surface area (Å²) in [5, 5.41) is 0. The molecule has 0 aliphatic heterocycles. The Labute approximate surface area is 142 Å². The van der Waals surface area contributed by atoms with Crippen molar-refractivity contribution in [3.05, 3.63) is 0 Å². The van der Waals surface area contributed by atoms with E-state index in [1.165, 1.54) is 36.8 Å². The largest absolute Gasteiger partial charge is 0.309 e. The van der Waals surface area contributed by atoms with Crippen LogP contribution in [-0.2, 0) is 20.0 Å². The van der Waals surface area contributed by atoms with Gasteiger partial charge in [0.2, 0.25) is 20.0 Å². The lowest BCUT2D eigenvalue weighted by Crippen LogP contribution is -2.39.